The summed E-state index contributed by atoms with van der Waals surface area (Å²) in [6.45, 7) is 0. The Hall–Kier alpha value is -1.69. The number of aliphatic hydroxyl groups excluding tert-OH is 1. The fourth-order valence-corrected chi connectivity index (χ4v) is 2.92. The number of rotatable bonds is 5. The van der Waals surface area contributed by atoms with Crippen LogP contribution in [0.1, 0.15) is 17.2 Å². The topological polar surface area (TPSA) is 66.4 Å². The van der Waals surface area contributed by atoms with E-state index in [4.69, 9.17) is 11.6 Å². The van der Waals surface area contributed by atoms with Gasteiger partial charge in [0.1, 0.15) is 0 Å². The van der Waals surface area contributed by atoms with Crippen LogP contribution in [-0.4, -0.2) is 21.5 Å². The molecule has 0 aliphatic carbocycles. The minimum atomic E-state index is -1.25. The number of aliphatic hydroxyl groups is 1. The maximum atomic E-state index is 12.1. The summed E-state index contributed by atoms with van der Waals surface area (Å²) in [7, 11) is -1.03. The Labute approximate surface area is 136 Å². The minimum absolute atomic E-state index is 0.309. The summed E-state index contributed by atoms with van der Waals surface area (Å²) in [6.07, 6.45) is 0.335. The highest BCUT2D eigenvalue weighted by molar-refractivity contribution is 7.83. The van der Waals surface area contributed by atoms with Crippen molar-refractivity contribution in [3.8, 4) is 0 Å². The van der Waals surface area contributed by atoms with Crippen LogP contribution < -0.4 is 5.32 Å². The lowest BCUT2D eigenvalue weighted by atomic mass is 10.1. The Balaban J connectivity index is 2.13. The number of benzene rings is 2. The number of amides is 1. The number of nitrogens with one attached hydrogen (secondary N) is 1. The van der Waals surface area contributed by atoms with E-state index >= 15 is 0 Å². The second kappa shape index (κ2) is 7.54. The van der Waals surface area contributed by atoms with Crippen molar-refractivity contribution in [3.05, 3.63) is 64.7 Å². The van der Waals surface area contributed by atoms with E-state index in [9.17, 15) is 14.1 Å². The number of anilines is 1. The molecule has 2 aromatic rings. The molecule has 2 rings (SSSR count). The van der Waals surface area contributed by atoms with Crippen LogP contribution in [0.15, 0.2) is 48.5 Å². The zero-order valence-electron chi connectivity index (χ0n) is 12.0. The summed E-state index contributed by atoms with van der Waals surface area (Å²) >= 11 is 6.04. The predicted molar refractivity (Wildman–Crippen MR) is 89.3 cm³/mol. The number of hydrogen-bond donors (Lipinski definition) is 2. The first-order valence-electron chi connectivity index (χ1n) is 6.59. The number of carbonyl (C=O) groups excluding carboxylic acids is 1. The largest absolute Gasteiger partial charge is 0.378 e. The third kappa shape index (κ3) is 4.40. The van der Waals surface area contributed by atoms with Gasteiger partial charge in [-0.15, -0.1) is 0 Å². The first-order valence-corrected chi connectivity index (χ1v) is 8.70. The third-order valence-corrected chi connectivity index (χ3v) is 4.12. The Bertz CT molecular complexity index is 691. The van der Waals surface area contributed by atoms with Crippen LogP contribution in [0.3, 0.4) is 0 Å². The maximum Gasteiger partial charge on any atom is 0.257 e. The molecule has 1 amide bonds. The van der Waals surface area contributed by atoms with Crippen molar-refractivity contribution in [3.63, 3.8) is 0 Å². The Morgan fingerprint density at radius 2 is 1.95 bits per heavy atom. The van der Waals surface area contributed by atoms with Crippen LogP contribution in [0.4, 0.5) is 5.69 Å². The molecule has 2 N–H and O–H groups in total. The zero-order chi connectivity index (χ0) is 16.1. The van der Waals surface area contributed by atoms with Gasteiger partial charge in [0.05, 0.1) is 0 Å². The molecule has 6 heteroatoms. The average Bonchev–Trinajstić information content (AvgIpc) is 2.50. The van der Waals surface area contributed by atoms with Gasteiger partial charge in [0, 0.05) is 33.5 Å². The van der Waals surface area contributed by atoms with Gasteiger partial charge in [-0.2, -0.15) is 0 Å². The second-order valence-electron chi connectivity index (χ2n) is 4.83. The number of carbonyl (C=O) groups is 1. The van der Waals surface area contributed by atoms with Crippen LogP contribution in [0.25, 0.3) is 0 Å². The van der Waals surface area contributed by atoms with Crippen LogP contribution in [0.5, 0.6) is 0 Å². The second-order valence-corrected chi connectivity index (χ2v) is 6.67. The molecule has 116 valence electrons. The molecule has 0 radical (unpaired) electrons. The fourth-order valence-electron chi connectivity index (χ4n) is 1.98. The van der Waals surface area contributed by atoms with Gasteiger partial charge in [0.25, 0.3) is 5.91 Å². The van der Waals surface area contributed by atoms with Crippen LogP contribution >= 0.6 is 11.6 Å². The molecule has 0 bridgehead atoms. The number of halogens is 1. The highest BCUT2D eigenvalue weighted by Crippen LogP contribution is 2.23. The van der Waals surface area contributed by atoms with Crippen LogP contribution in [0, 0.1) is 0 Å². The Kier molecular flexibility index (Phi) is 5.71. The van der Waals surface area contributed by atoms with E-state index in [1.54, 1.807) is 48.7 Å². The van der Waals surface area contributed by atoms with Crippen molar-refractivity contribution < 1.29 is 14.1 Å². The first-order chi connectivity index (χ1) is 10.5. The lowest BCUT2D eigenvalue weighted by molar-refractivity contribution is -0.124. The normalized spacial score (nSPS) is 13.4. The lowest BCUT2D eigenvalue weighted by Crippen LogP contribution is -2.20. The predicted octanol–water partition coefficient (Wildman–Crippen LogP) is 2.89. The van der Waals surface area contributed by atoms with Gasteiger partial charge in [0.2, 0.25) is 0 Å². The van der Waals surface area contributed by atoms with E-state index in [1.165, 1.54) is 0 Å². The first kappa shape index (κ1) is 16.7. The summed E-state index contributed by atoms with van der Waals surface area (Å²) in [5, 5.41) is 13.2. The van der Waals surface area contributed by atoms with E-state index < -0.39 is 22.8 Å². The number of hydrogen-bond acceptors (Lipinski definition) is 3. The fraction of sp³-hybridized carbons (Fsp3) is 0.188. The molecule has 0 saturated heterocycles. The smallest absolute Gasteiger partial charge is 0.257 e. The summed E-state index contributed by atoms with van der Waals surface area (Å²) in [6, 6.07) is 13.6. The van der Waals surface area contributed by atoms with Crippen LogP contribution in [-0.2, 0) is 21.3 Å². The van der Waals surface area contributed by atoms with Gasteiger partial charge in [0.15, 0.2) is 6.10 Å². The maximum absolute atomic E-state index is 12.1. The quantitative estimate of drug-likeness (QED) is 0.881. The molecule has 0 saturated carbocycles. The molecular formula is C16H16ClNO3S. The monoisotopic (exact) mass is 337 g/mol. The molecule has 0 aromatic heterocycles. The third-order valence-electron chi connectivity index (χ3n) is 3.04. The van der Waals surface area contributed by atoms with Crippen molar-refractivity contribution in [2.75, 3.05) is 11.6 Å². The Morgan fingerprint density at radius 3 is 2.59 bits per heavy atom. The zero-order valence-corrected chi connectivity index (χ0v) is 13.5. The van der Waals surface area contributed by atoms with Gasteiger partial charge in [-0.3, -0.25) is 9.00 Å². The average molecular weight is 338 g/mol. The molecule has 0 aliphatic rings. The van der Waals surface area contributed by atoms with Crippen molar-refractivity contribution in [1.82, 2.24) is 0 Å². The van der Waals surface area contributed by atoms with Gasteiger partial charge in [-0.25, -0.2) is 0 Å². The van der Waals surface area contributed by atoms with Gasteiger partial charge < -0.3 is 10.4 Å². The molecule has 2 unspecified atom stereocenters. The molecular weight excluding hydrogens is 322 g/mol. The Morgan fingerprint density at radius 1 is 1.27 bits per heavy atom. The summed E-state index contributed by atoms with van der Waals surface area (Å²) in [5.74, 6) is -0.221. The van der Waals surface area contributed by atoms with Crippen molar-refractivity contribution in [1.29, 1.82) is 0 Å². The van der Waals surface area contributed by atoms with E-state index in [-0.39, 0.29) is 0 Å². The molecule has 0 spiro atoms. The molecule has 4 nitrogen and oxygen atoms in total. The van der Waals surface area contributed by atoms with Crippen molar-refractivity contribution in [2.24, 2.45) is 0 Å². The molecule has 2 atom stereocenters. The van der Waals surface area contributed by atoms with Crippen LogP contribution in [0.2, 0.25) is 5.02 Å². The standard InChI is InChI=1S/C16H16ClNO3S/c1-22(21)10-12-9-13(7-8-14(12)17)18-16(20)15(19)11-5-3-2-4-6-11/h2-9,15,19H,10H2,1H3,(H,18,20). The van der Waals surface area contributed by atoms with E-state index in [0.29, 0.717) is 27.6 Å². The molecule has 2 aromatic carbocycles. The van der Waals surface area contributed by atoms with E-state index in [0.717, 1.165) is 0 Å². The van der Waals surface area contributed by atoms with Gasteiger partial charge in [-0.1, -0.05) is 41.9 Å². The van der Waals surface area contributed by atoms with E-state index in [2.05, 4.69) is 5.32 Å². The summed E-state index contributed by atoms with van der Waals surface area (Å²) < 4.78 is 11.3. The van der Waals surface area contributed by atoms with Crippen molar-refractivity contribution >= 4 is 34.0 Å². The van der Waals surface area contributed by atoms with Gasteiger partial charge in [-0.05, 0) is 29.3 Å². The summed E-state index contributed by atoms with van der Waals surface area (Å²) in [4.78, 5) is 12.1. The highest BCUT2D eigenvalue weighted by atomic mass is 35.5. The van der Waals surface area contributed by atoms with Crippen molar-refractivity contribution in [2.45, 2.75) is 11.9 Å². The lowest BCUT2D eigenvalue weighted by Gasteiger charge is -2.13. The van der Waals surface area contributed by atoms with Gasteiger partial charge >= 0.3 is 0 Å². The summed E-state index contributed by atoms with van der Waals surface area (Å²) in [5.41, 5.74) is 1.71. The molecule has 0 heterocycles. The molecule has 22 heavy (non-hydrogen) atoms. The molecule has 0 aliphatic heterocycles. The molecule has 0 fully saturated rings. The van der Waals surface area contributed by atoms with E-state index in [1.807, 2.05) is 6.07 Å². The highest BCUT2D eigenvalue weighted by Gasteiger charge is 2.17. The SMILES string of the molecule is CS(=O)Cc1cc(NC(=O)C(O)c2ccccc2)ccc1Cl. The minimum Gasteiger partial charge on any atom is -0.378 e.